The largest absolute Gasteiger partial charge is 0.307 e. The Bertz CT molecular complexity index is 1020. The summed E-state index contributed by atoms with van der Waals surface area (Å²) in [6.45, 7) is 0. The molecule has 0 radical (unpaired) electrons. The molecule has 146 valence electrons. The molecule has 0 aliphatic heterocycles. The first-order valence-corrected chi connectivity index (χ1v) is 9.57. The second-order valence-electron chi connectivity index (χ2n) is 6.07. The number of halogens is 2. The fourth-order valence-corrected chi connectivity index (χ4v) is 2.89. The van der Waals surface area contributed by atoms with Gasteiger partial charge in [-0.25, -0.2) is 0 Å². The zero-order chi connectivity index (χ0) is 20.5. The third-order valence-corrected chi connectivity index (χ3v) is 4.46. The summed E-state index contributed by atoms with van der Waals surface area (Å²) in [5.41, 5.74) is 8.31. The van der Waals surface area contributed by atoms with Crippen LogP contribution in [0.5, 0.6) is 0 Å². The predicted octanol–water partition coefficient (Wildman–Crippen LogP) is 5.09. The standard InChI is InChI=1S/C22H18Cl2N4O/c23-18-8-7-17(21(24)15-18)14-19-9-11-22(28-26-19)27-25-13-12-20(29)10-6-16-4-2-1-3-5-16/h1-13,15,25H,14H2,(H,27,28). The third kappa shape index (κ3) is 6.75. The van der Waals surface area contributed by atoms with E-state index in [-0.39, 0.29) is 5.78 Å². The topological polar surface area (TPSA) is 66.9 Å². The molecular weight excluding hydrogens is 407 g/mol. The molecule has 3 aromatic rings. The van der Waals surface area contributed by atoms with Crippen LogP contribution in [0.2, 0.25) is 10.0 Å². The summed E-state index contributed by atoms with van der Waals surface area (Å²) < 4.78 is 0. The first-order chi connectivity index (χ1) is 14.1. The lowest BCUT2D eigenvalue weighted by atomic mass is 10.1. The van der Waals surface area contributed by atoms with E-state index in [9.17, 15) is 4.79 Å². The number of nitrogens with one attached hydrogen (secondary N) is 2. The molecule has 0 bridgehead atoms. The molecule has 0 saturated heterocycles. The molecule has 0 atom stereocenters. The number of nitrogens with zero attached hydrogens (tertiary/aromatic N) is 2. The number of ketones is 1. The van der Waals surface area contributed by atoms with Crippen molar-refractivity contribution in [3.63, 3.8) is 0 Å². The molecule has 0 spiro atoms. The number of benzene rings is 2. The highest BCUT2D eigenvalue weighted by atomic mass is 35.5. The van der Waals surface area contributed by atoms with Crippen molar-refractivity contribution >= 4 is 40.9 Å². The summed E-state index contributed by atoms with van der Waals surface area (Å²) in [5, 5.41) is 9.45. The quantitative estimate of drug-likeness (QED) is 0.389. The van der Waals surface area contributed by atoms with Gasteiger partial charge < -0.3 is 5.43 Å². The lowest BCUT2D eigenvalue weighted by molar-refractivity contribution is -0.110. The molecule has 29 heavy (non-hydrogen) atoms. The van der Waals surface area contributed by atoms with Crippen LogP contribution in [0.1, 0.15) is 16.8 Å². The number of carbonyl (C=O) groups excluding carboxylic acids is 1. The van der Waals surface area contributed by atoms with Crippen molar-refractivity contribution in [1.82, 2.24) is 15.6 Å². The highest BCUT2D eigenvalue weighted by Gasteiger charge is 2.04. The van der Waals surface area contributed by atoms with Crippen molar-refractivity contribution in [1.29, 1.82) is 0 Å². The van der Waals surface area contributed by atoms with Crippen LogP contribution in [0.4, 0.5) is 5.82 Å². The summed E-state index contributed by atoms with van der Waals surface area (Å²) in [7, 11) is 0. The van der Waals surface area contributed by atoms with Crippen LogP contribution in [0, 0.1) is 0 Å². The Hall–Kier alpha value is -3.15. The van der Waals surface area contributed by atoms with E-state index in [2.05, 4.69) is 21.0 Å². The summed E-state index contributed by atoms with van der Waals surface area (Å²) in [4.78, 5) is 11.8. The van der Waals surface area contributed by atoms with Gasteiger partial charge in [0.15, 0.2) is 11.6 Å². The second kappa shape index (κ2) is 10.4. The molecule has 1 heterocycles. The van der Waals surface area contributed by atoms with Crippen LogP contribution in [-0.2, 0) is 11.2 Å². The minimum absolute atomic E-state index is 0.135. The number of allylic oxidation sites excluding steroid dienone is 2. The minimum Gasteiger partial charge on any atom is -0.307 e. The van der Waals surface area contributed by atoms with Crippen LogP contribution >= 0.6 is 23.2 Å². The van der Waals surface area contributed by atoms with Gasteiger partial charge in [0.2, 0.25) is 0 Å². The molecule has 0 aliphatic carbocycles. The number of aromatic nitrogens is 2. The molecule has 0 amide bonds. The van der Waals surface area contributed by atoms with Crippen molar-refractivity contribution in [2.75, 3.05) is 5.43 Å². The number of rotatable bonds is 8. The van der Waals surface area contributed by atoms with E-state index in [0.717, 1.165) is 16.8 Å². The average molecular weight is 425 g/mol. The monoisotopic (exact) mass is 424 g/mol. The maximum atomic E-state index is 11.8. The molecular formula is C22H18Cl2N4O. The Labute approximate surface area is 179 Å². The van der Waals surface area contributed by atoms with E-state index >= 15 is 0 Å². The van der Waals surface area contributed by atoms with Crippen LogP contribution in [0.15, 0.2) is 79.0 Å². The van der Waals surface area contributed by atoms with Crippen LogP contribution < -0.4 is 10.9 Å². The Morgan fingerprint density at radius 3 is 2.52 bits per heavy atom. The number of carbonyl (C=O) groups is 1. The van der Waals surface area contributed by atoms with Gasteiger partial charge in [0.05, 0.1) is 5.69 Å². The molecule has 0 aliphatic rings. The second-order valence-corrected chi connectivity index (χ2v) is 6.92. The fourth-order valence-electron chi connectivity index (χ4n) is 2.42. The number of hydrogen-bond acceptors (Lipinski definition) is 5. The van der Waals surface area contributed by atoms with Crippen molar-refractivity contribution < 1.29 is 4.79 Å². The van der Waals surface area contributed by atoms with Crippen LogP contribution in [0.3, 0.4) is 0 Å². The van der Waals surface area contributed by atoms with Gasteiger partial charge in [-0.05, 0) is 41.5 Å². The van der Waals surface area contributed by atoms with E-state index in [4.69, 9.17) is 23.2 Å². The highest BCUT2D eigenvalue weighted by molar-refractivity contribution is 6.35. The lowest BCUT2D eigenvalue weighted by Crippen LogP contribution is -2.16. The number of hydrogen-bond donors (Lipinski definition) is 2. The smallest absolute Gasteiger partial charge is 0.180 e. The Morgan fingerprint density at radius 2 is 1.79 bits per heavy atom. The maximum absolute atomic E-state index is 11.8. The summed E-state index contributed by atoms with van der Waals surface area (Å²) in [6.07, 6.45) is 6.73. The normalized spacial score (nSPS) is 11.1. The molecule has 2 aromatic carbocycles. The van der Waals surface area contributed by atoms with Gasteiger partial charge >= 0.3 is 0 Å². The summed E-state index contributed by atoms with van der Waals surface area (Å²) in [6, 6.07) is 18.6. The Balaban J connectivity index is 1.47. The minimum atomic E-state index is -0.135. The fraction of sp³-hybridized carbons (Fsp3) is 0.0455. The van der Waals surface area contributed by atoms with Gasteiger partial charge in [-0.2, -0.15) is 5.10 Å². The van der Waals surface area contributed by atoms with Crippen molar-refractivity contribution in [3.05, 3.63) is 106 Å². The zero-order valence-electron chi connectivity index (χ0n) is 15.3. The molecule has 7 heteroatoms. The SMILES string of the molecule is O=C(C=CNNc1ccc(Cc2ccc(Cl)cc2Cl)nn1)C=Cc1ccccc1. The molecule has 3 rings (SSSR count). The lowest BCUT2D eigenvalue weighted by Gasteiger charge is -2.06. The van der Waals surface area contributed by atoms with Crippen LogP contribution in [-0.4, -0.2) is 16.0 Å². The molecule has 0 saturated carbocycles. The first-order valence-electron chi connectivity index (χ1n) is 8.82. The van der Waals surface area contributed by atoms with E-state index in [0.29, 0.717) is 22.3 Å². The average Bonchev–Trinajstić information content (AvgIpc) is 2.73. The van der Waals surface area contributed by atoms with Gasteiger partial charge in [0, 0.05) is 28.7 Å². The number of anilines is 1. The van der Waals surface area contributed by atoms with Crippen molar-refractivity contribution in [2.24, 2.45) is 0 Å². The first kappa shape index (κ1) is 20.6. The van der Waals surface area contributed by atoms with Gasteiger partial charge in [-0.3, -0.25) is 10.2 Å². The van der Waals surface area contributed by atoms with Gasteiger partial charge in [0.25, 0.3) is 0 Å². The molecule has 2 N–H and O–H groups in total. The van der Waals surface area contributed by atoms with Crippen molar-refractivity contribution in [2.45, 2.75) is 6.42 Å². The van der Waals surface area contributed by atoms with Crippen molar-refractivity contribution in [3.8, 4) is 0 Å². The Morgan fingerprint density at radius 1 is 0.966 bits per heavy atom. The molecule has 5 nitrogen and oxygen atoms in total. The maximum Gasteiger partial charge on any atom is 0.180 e. The van der Waals surface area contributed by atoms with E-state index < -0.39 is 0 Å². The van der Waals surface area contributed by atoms with Crippen LogP contribution in [0.25, 0.3) is 6.08 Å². The zero-order valence-corrected chi connectivity index (χ0v) is 16.9. The number of hydrazine groups is 1. The van der Waals surface area contributed by atoms with Gasteiger partial charge in [0.1, 0.15) is 0 Å². The van der Waals surface area contributed by atoms with Gasteiger partial charge in [-0.1, -0.05) is 65.7 Å². The van der Waals surface area contributed by atoms with E-state index in [1.807, 2.05) is 42.5 Å². The summed E-state index contributed by atoms with van der Waals surface area (Å²) >= 11 is 12.1. The highest BCUT2D eigenvalue weighted by Crippen LogP contribution is 2.22. The third-order valence-electron chi connectivity index (χ3n) is 3.88. The van der Waals surface area contributed by atoms with E-state index in [1.165, 1.54) is 18.4 Å². The Kier molecular flexibility index (Phi) is 7.39. The predicted molar refractivity (Wildman–Crippen MR) is 118 cm³/mol. The summed E-state index contributed by atoms with van der Waals surface area (Å²) in [5.74, 6) is 0.386. The molecule has 1 aromatic heterocycles. The molecule has 0 fully saturated rings. The van der Waals surface area contributed by atoms with Gasteiger partial charge in [-0.15, -0.1) is 5.10 Å². The van der Waals surface area contributed by atoms with E-state index in [1.54, 1.807) is 24.3 Å². The molecule has 0 unspecified atom stereocenters.